The second-order valence-corrected chi connectivity index (χ2v) is 9.94. The summed E-state index contributed by atoms with van der Waals surface area (Å²) in [6, 6.07) is 26.5. The first-order valence-corrected chi connectivity index (χ1v) is 12.1. The number of halogens is 1. The standard InChI is InChI=1S/C26H14IN3S/c27-30-18-8-4-7-16-22(18)23-19(30)10-9-17-24-20(11-13-28(24)15-5-2-1-3-6-15)29(25(17)23)21-12-14-31-26(16)21/h1-14H. The van der Waals surface area contributed by atoms with Crippen molar-refractivity contribution < 1.29 is 0 Å². The van der Waals surface area contributed by atoms with Gasteiger partial charge in [0.25, 0.3) is 0 Å². The number of thiophene rings is 1. The first kappa shape index (κ1) is 16.6. The SMILES string of the molecule is In1c2cccc3c4sccc4n4c5ccn(-c6ccccc6)c5c5ccc1c(c32)c54. The molecule has 0 aliphatic carbocycles. The molecule has 0 N–H and O–H groups in total. The molecule has 8 rings (SSSR count). The van der Waals surface area contributed by atoms with Crippen molar-refractivity contribution in [3.63, 3.8) is 0 Å². The Morgan fingerprint density at radius 2 is 1.52 bits per heavy atom. The van der Waals surface area contributed by atoms with E-state index in [0.29, 0.717) is 0 Å². The van der Waals surface area contributed by atoms with E-state index in [1.807, 2.05) is 11.3 Å². The zero-order valence-corrected chi connectivity index (χ0v) is 19.2. The van der Waals surface area contributed by atoms with Gasteiger partial charge in [-0.1, -0.05) is 30.3 Å². The van der Waals surface area contributed by atoms with Crippen LogP contribution >= 0.6 is 34.2 Å². The molecule has 0 bridgehead atoms. The summed E-state index contributed by atoms with van der Waals surface area (Å²) >= 11 is 4.29. The van der Waals surface area contributed by atoms with E-state index in [-0.39, 0.29) is 0 Å². The smallest absolute Gasteiger partial charge is 0.0792 e. The van der Waals surface area contributed by atoms with Gasteiger partial charge in [0.2, 0.25) is 0 Å². The van der Waals surface area contributed by atoms with Gasteiger partial charge in [-0.3, -0.25) is 2.78 Å². The van der Waals surface area contributed by atoms with Gasteiger partial charge < -0.3 is 8.97 Å². The molecule has 146 valence electrons. The molecule has 31 heavy (non-hydrogen) atoms. The normalized spacial score (nSPS) is 12.7. The van der Waals surface area contributed by atoms with E-state index in [9.17, 15) is 0 Å². The number of hydrogen-bond donors (Lipinski definition) is 0. The van der Waals surface area contributed by atoms with Gasteiger partial charge in [0.1, 0.15) is 0 Å². The Hall–Kier alpha value is -3.03. The maximum atomic E-state index is 2.49. The van der Waals surface area contributed by atoms with Gasteiger partial charge in [0, 0.05) is 33.4 Å². The number of aromatic nitrogens is 3. The predicted molar refractivity (Wildman–Crippen MR) is 141 cm³/mol. The number of fused-ring (bicyclic) bond motifs is 6. The van der Waals surface area contributed by atoms with Gasteiger partial charge in [0.05, 0.1) is 60.7 Å². The molecule has 0 aliphatic rings. The number of benzene rings is 3. The van der Waals surface area contributed by atoms with Crippen molar-refractivity contribution in [2.75, 3.05) is 0 Å². The third kappa shape index (κ3) is 1.86. The van der Waals surface area contributed by atoms with Crippen LogP contribution in [0.25, 0.3) is 65.0 Å². The second-order valence-electron chi connectivity index (χ2n) is 8.06. The van der Waals surface area contributed by atoms with Crippen LogP contribution in [0.2, 0.25) is 0 Å². The van der Waals surface area contributed by atoms with Gasteiger partial charge >= 0.3 is 0 Å². The maximum Gasteiger partial charge on any atom is 0.0792 e. The van der Waals surface area contributed by atoms with Crippen molar-refractivity contribution >= 4 is 93.5 Å². The zero-order chi connectivity index (χ0) is 20.3. The van der Waals surface area contributed by atoms with Crippen molar-refractivity contribution in [3.8, 4) is 5.69 Å². The van der Waals surface area contributed by atoms with Gasteiger partial charge in [-0.25, -0.2) is 0 Å². The monoisotopic (exact) mass is 527 g/mol. The van der Waals surface area contributed by atoms with Crippen LogP contribution in [0.5, 0.6) is 0 Å². The third-order valence-corrected chi connectivity index (χ3v) is 8.60. The number of hydrogen-bond acceptors (Lipinski definition) is 1. The molecule has 0 amide bonds. The molecule has 5 aromatic heterocycles. The van der Waals surface area contributed by atoms with E-state index in [4.69, 9.17) is 0 Å². The quantitative estimate of drug-likeness (QED) is 0.192. The Bertz CT molecular complexity index is 1950. The van der Waals surface area contributed by atoms with Crippen molar-refractivity contribution in [2.45, 2.75) is 0 Å². The summed E-state index contributed by atoms with van der Waals surface area (Å²) in [5.41, 5.74) is 8.88. The van der Waals surface area contributed by atoms with Gasteiger partial charge in [-0.15, -0.1) is 11.3 Å². The fourth-order valence-corrected chi connectivity index (χ4v) is 7.14. The van der Waals surface area contributed by atoms with Crippen molar-refractivity contribution in [3.05, 3.63) is 84.4 Å². The minimum atomic E-state index is 1.19. The lowest BCUT2D eigenvalue weighted by Gasteiger charge is -2.04. The number of para-hydroxylation sites is 1. The van der Waals surface area contributed by atoms with E-state index in [1.54, 1.807) is 0 Å². The second kappa shape index (κ2) is 5.60. The van der Waals surface area contributed by atoms with E-state index >= 15 is 0 Å². The van der Waals surface area contributed by atoms with E-state index in [2.05, 4.69) is 119 Å². The molecule has 0 spiro atoms. The Morgan fingerprint density at radius 3 is 2.42 bits per heavy atom. The summed E-state index contributed by atoms with van der Waals surface area (Å²) in [4.78, 5) is 0. The molecular weight excluding hydrogens is 513 g/mol. The molecule has 5 heterocycles. The average Bonchev–Trinajstić information content (AvgIpc) is 3.55. The molecule has 3 aromatic carbocycles. The third-order valence-electron chi connectivity index (χ3n) is 6.62. The molecule has 0 unspecified atom stereocenters. The van der Waals surface area contributed by atoms with Gasteiger partial charge in [0.15, 0.2) is 0 Å². The Kier molecular flexibility index (Phi) is 3.01. The molecule has 0 radical (unpaired) electrons. The van der Waals surface area contributed by atoms with Crippen LogP contribution in [0.1, 0.15) is 0 Å². The molecule has 0 saturated carbocycles. The Morgan fingerprint density at radius 1 is 0.645 bits per heavy atom. The van der Waals surface area contributed by atoms with Crippen LogP contribution in [0.3, 0.4) is 0 Å². The summed E-state index contributed by atoms with van der Waals surface area (Å²) in [6.07, 6.45) is 2.20. The fraction of sp³-hybridized carbons (Fsp3) is 0. The minimum Gasteiger partial charge on any atom is -0.315 e. The molecule has 0 saturated heterocycles. The largest absolute Gasteiger partial charge is 0.315 e. The Balaban J connectivity index is 1.77. The zero-order valence-electron chi connectivity index (χ0n) is 16.2. The number of nitrogens with zero attached hydrogens (tertiary/aromatic N) is 3. The van der Waals surface area contributed by atoms with Crippen molar-refractivity contribution in [2.24, 2.45) is 0 Å². The molecule has 8 aromatic rings. The van der Waals surface area contributed by atoms with Gasteiger partial charge in [-0.05, 0) is 47.8 Å². The van der Waals surface area contributed by atoms with Crippen molar-refractivity contribution in [1.82, 2.24) is 11.7 Å². The van der Waals surface area contributed by atoms with Crippen LogP contribution in [-0.4, -0.2) is 11.7 Å². The van der Waals surface area contributed by atoms with Crippen LogP contribution in [-0.2, 0) is 0 Å². The lowest BCUT2D eigenvalue weighted by Crippen LogP contribution is -1.90. The summed E-state index contributed by atoms with van der Waals surface area (Å²) in [5, 5.41) is 7.59. The average molecular weight is 527 g/mol. The minimum absolute atomic E-state index is 1.19. The lowest BCUT2D eigenvalue weighted by molar-refractivity contribution is 1.13. The fourth-order valence-electron chi connectivity index (χ4n) is 5.42. The van der Waals surface area contributed by atoms with E-state index in [0.717, 1.165) is 0 Å². The lowest BCUT2D eigenvalue weighted by atomic mass is 10.1. The highest BCUT2D eigenvalue weighted by Crippen LogP contribution is 2.46. The van der Waals surface area contributed by atoms with Crippen LogP contribution < -0.4 is 0 Å². The highest BCUT2D eigenvalue weighted by Gasteiger charge is 2.23. The summed E-state index contributed by atoms with van der Waals surface area (Å²) in [5.74, 6) is 0. The number of rotatable bonds is 1. The molecule has 0 aliphatic heterocycles. The molecular formula is C26H14IN3S. The summed E-state index contributed by atoms with van der Waals surface area (Å²) in [6.45, 7) is 0. The molecule has 5 heteroatoms. The summed E-state index contributed by atoms with van der Waals surface area (Å²) < 4.78 is 8.49. The molecule has 3 nitrogen and oxygen atoms in total. The maximum absolute atomic E-state index is 2.49. The van der Waals surface area contributed by atoms with Crippen LogP contribution in [0, 0.1) is 0 Å². The predicted octanol–water partition coefficient (Wildman–Crippen LogP) is 7.99. The first-order valence-electron chi connectivity index (χ1n) is 10.2. The first-order chi connectivity index (χ1) is 15.3. The van der Waals surface area contributed by atoms with E-state index < -0.39 is 0 Å². The molecule has 0 fully saturated rings. The van der Waals surface area contributed by atoms with Crippen LogP contribution in [0.15, 0.2) is 84.4 Å². The Labute approximate surface area is 194 Å². The van der Waals surface area contributed by atoms with E-state index in [1.165, 1.54) is 65.0 Å². The topological polar surface area (TPSA) is 14.3 Å². The highest BCUT2D eigenvalue weighted by atomic mass is 127. The molecule has 0 atom stereocenters. The van der Waals surface area contributed by atoms with Crippen molar-refractivity contribution in [1.29, 1.82) is 0 Å². The van der Waals surface area contributed by atoms with Crippen LogP contribution in [0.4, 0.5) is 0 Å². The summed E-state index contributed by atoms with van der Waals surface area (Å²) in [7, 11) is 0. The highest BCUT2D eigenvalue weighted by molar-refractivity contribution is 14.1. The van der Waals surface area contributed by atoms with Gasteiger partial charge in [-0.2, -0.15) is 0 Å².